The number of benzene rings is 6. The summed E-state index contributed by atoms with van der Waals surface area (Å²) in [5.41, 5.74) is 9.85. The number of methoxy groups -OCH3 is 1. The van der Waals surface area contributed by atoms with E-state index in [4.69, 9.17) is 27.9 Å². The molecular weight excluding hydrogens is 759 g/mol. The molecule has 0 spiro atoms. The molecule has 2 aliphatic rings. The van der Waals surface area contributed by atoms with E-state index in [0.717, 1.165) is 44.5 Å². The zero-order valence-electron chi connectivity index (χ0n) is 31.1. The van der Waals surface area contributed by atoms with Crippen LogP contribution in [0.5, 0.6) is 0 Å². The molecule has 0 aromatic heterocycles. The smallest absolute Gasteiger partial charge is 0.338 e. The number of esters is 1. The fraction of sp³-hybridized carbons (Fsp3) is 0.149. The van der Waals surface area contributed by atoms with Gasteiger partial charge in [0.15, 0.2) is 0 Å². The summed E-state index contributed by atoms with van der Waals surface area (Å²) in [7, 11) is 1.36. The van der Waals surface area contributed by atoms with E-state index in [1.807, 2.05) is 113 Å². The highest BCUT2D eigenvalue weighted by molar-refractivity contribution is 6.31. The van der Waals surface area contributed by atoms with Crippen LogP contribution >= 0.6 is 23.2 Å². The van der Waals surface area contributed by atoms with E-state index >= 15 is 0 Å². The lowest BCUT2D eigenvalue weighted by Crippen LogP contribution is -2.23. The van der Waals surface area contributed by atoms with Crippen molar-refractivity contribution in [3.63, 3.8) is 0 Å². The summed E-state index contributed by atoms with van der Waals surface area (Å²) in [5.74, 6) is -1.32. The number of carboxylic acid groups (broad SMARTS) is 1. The molecule has 57 heavy (non-hydrogen) atoms. The number of rotatable bonds is 10. The summed E-state index contributed by atoms with van der Waals surface area (Å²) in [5, 5.41) is 10.3. The molecule has 6 aromatic rings. The van der Waals surface area contributed by atoms with Crippen LogP contribution in [0.25, 0.3) is 0 Å². The number of hydrogen-bond donors (Lipinski definition) is 1. The molecule has 8 nitrogen and oxygen atoms in total. The third-order valence-corrected chi connectivity index (χ3v) is 10.6. The van der Waals surface area contributed by atoms with Crippen molar-refractivity contribution in [2.45, 2.75) is 39.0 Å². The van der Waals surface area contributed by atoms with Gasteiger partial charge in [-0.15, -0.1) is 0 Å². The summed E-state index contributed by atoms with van der Waals surface area (Å²) in [6.45, 7) is 2.31. The van der Waals surface area contributed by atoms with E-state index in [9.17, 15) is 24.3 Å². The van der Waals surface area contributed by atoms with E-state index < -0.39 is 11.9 Å². The summed E-state index contributed by atoms with van der Waals surface area (Å²) in [6, 6.07) is 41.6. The Bertz CT molecular complexity index is 2490. The summed E-state index contributed by atoms with van der Waals surface area (Å²) in [6.07, 6.45) is 1.03. The van der Waals surface area contributed by atoms with Gasteiger partial charge >= 0.3 is 11.9 Å². The number of carbonyl (C=O) groups is 4. The van der Waals surface area contributed by atoms with Gasteiger partial charge in [-0.1, -0.05) is 120 Å². The molecule has 0 saturated heterocycles. The number of ether oxygens (including phenoxy) is 1. The highest BCUT2D eigenvalue weighted by Gasteiger charge is 2.29. The standard InChI is InChI=1S/C24H20ClNO3.C23H18ClNO3/c1-29-24(28)22-13-20(25)9-8-18(22)11-17-7-10-21-19(12-17)15-26(23(21)27)14-16-5-3-2-4-6-16;24-19-8-7-17(21(12-19)23(27)28)10-16-6-9-20-18(11-16)14-25(22(20)26)13-15-4-2-1-3-5-15/h2-10,12-13H,11,14-15H2,1H3;1-9,11-12H,10,13-14H2,(H,27,28). The van der Waals surface area contributed by atoms with Gasteiger partial charge in [0.2, 0.25) is 0 Å². The lowest BCUT2D eigenvalue weighted by atomic mass is 9.97. The second kappa shape index (κ2) is 17.3. The van der Waals surface area contributed by atoms with E-state index in [1.165, 1.54) is 13.2 Å². The molecule has 0 radical (unpaired) electrons. The molecular formula is C47H38Cl2N2O6. The van der Waals surface area contributed by atoms with Crippen LogP contribution in [0.4, 0.5) is 0 Å². The van der Waals surface area contributed by atoms with Crippen LogP contribution < -0.4 is 0 Å². The monoisotopic (exact) mass is 796 g/mol. The molecule has 0 saturated carbocycles. The molecule has 0 atom stereocenters. The molecule has 10 heteroatoms. The number of carboxylic acids is 1. The number of halogens is 2. The molecule has 0 fully saturated rings. The molecule has 2 heterocycles. The second-order valence-electron chi connectivity index (χ2n) is 14.0. The van der Waals surface area contributed by atoms with Crippen LogP contribution in [0.15, 0.2) is 133 Å². The van der Waals surface area contributed by atoms with Crippen LogP contribution in [0, 0.1) is 0 Å². The molecule has 286 valence electrons. The minimum atomic E-state index is -0.997. The summed E-state index contributed by atoms with van der Waals surface area (Å²) in [4.78, 5) is 52.7. The topological polar surface area (TPSA) is 104 Å². The van der Waals surface area contributed by atoms with Crippen LogP contribution in [0.3, 0.4) is 0 Å². The lowest BCUT2D eigenvalue weighted by molar-refractivity contribution is 0.0598. The minimum Gasteiger partial charge on any atom is -0.478 e. The average molecular weight is 798 g/mol. The largest absolute Gasteiger partial charge is 0.478 e. The van der Waals surface area contributed by atoms with Gasteiger partial charge in [-0.25, -0.2) is 9.59 Å². The fourth-order valence-corrected chi connectivity index (χ4v) is 7.64. The van der Waals surface area contributed by atoms with Crippen molar-refractivity contribution in [3.05, 3.63) is 210 Å². The highest BCUT2D eigenvalue weighted by atomic mass is 35.5. The highest BCUT2D eigenvalue weighted by Crippen LogP contribution is 2.29. The molecule has 2 aliphatic heterocycles. The summed E-state index contributed by atoms with van der Waals surface area (Å²) < 4.78 is 4.88. The van der Waals surface area contributed by atoms with E-state index in [0.29, 0.717) is 65.8 Å². The van der Waals surface area contributed by atoms with Gasteiger partial charge in [-0.3, -0.25) is 9.59 Å². The molecule has 0 unspecified atom stereocenters. The van der Waals surface area contributed by atoms with Crippen LogP contribution in [-0.2, 0) is 43.8 Å². The predicted molar refractivity (Wildman–Crippen MR) is 220 cm³/mol. The van der Waals surface area contributed by atoms with Gasteiger partial charge in [0, 0.05) is 47.4 Å². The van der Waals surface area contributed by atoms with E-state index in [-0.39, 0.29) is 17.4 Å². The number of amides is 2. The van der Waals surface area contributed by atoms with E-state index in [2.05, 4.69) is 0 Å². The van der Waals surface area contributed by atoms with E-state index in [1.54, 1.807) is 24.3 Å². The van der Waals surface area contributed by atoms with Crippen molar-refractivity contribution < 1.29 is 29.0 Å². The van der Waals surface area contributed by atoms with Gasteiger partial charge in [0.05, 0.1) is 18.2 Å². The average Bonchev–Trinajstić information content (AvgIpc) is 3.69. The Balaban J connectivity index is 0.000000174. The van der Waals surface area contributed by atoms with Gasteiger partial charge in [-0.05, 0) is 93.7 Å². The first kappa shape index (κ1) is 39.0. The Morgan fingerprint density at radius 1 is 0.579 bits per heavy atom. The zero-order valence-corrected chi connectivity index (χ0v) is 32.6. The quantitative estimate of drug-likeness (QED) is 0.139. The number of carbonyl (C=O) groups excluding carboxylic acids is 3. The Morgan fingerprint density at radius 2 is 1.02 bits per heavy atom. The lowest BCUT2D eigenvalue weighted by Gasteiger charge is -2.15. The molecule has 0 bridgehead atoms. The molecule has 0 aliphatic carbocycles. The van der Waals surface area contributed by atoms with Crippen molar-refractivity contribution in [2.24, 2.45) is 0 Å². The Kier molecular flexibility index (Phi) is 11.8. The van der Waals surface area contributed by atoms with Crippen molar-refractivity contribution in [2.75, 3.05) is 7.11 Å². The van der Waals surface area contributed by atoms with Crippen LogP contribution in [0.2, 0.25) is 10.0 Å². The Morgan fingerprint density at radius 3 is 1.46 bits per heavy atom. The van der Waals surface area contributed by atoms with Crippen LogP contribution in [0.1, 0.15) is 85.9 Å². The Labute approximate surface area is 340 Å². The third-order valence-electron chi connectivity index (χ3n) is 10.1. The molecule has 6 aromatic carbocycles. The number of fused-ring (bicyclic) bond motifs is 2. The predicted octanol–water partition coefficient (Wildman–Crippen LogP) is 9.66. The van der Waals surface area contributed by atoms with Crippen molar-refractivity contribution in [3.8, 4) is 0 Å². The number of aromatic carboxylic acids is 1. The first-order chi connectivity index (χ1) is 27.6. The Hall–Kier alpha value is -6.22. The minimum absolute atomic E-state index is 0.0307. The number of hydrogen-bond acceptors (Lipinski definition) is 5. The third kappa shape index (κ3) is 9.10. The summed E-state index contributed by atoms with van der Waals surface area (Å²) >= 11 is 12.0. The van der Waals surface area contributed by atoms with Crippen molar-refractivity contribution in [1.82, 2.24) is 9.80 Å². The molecule has 2 amide bonds. The SMILES string of the molecule is COC(=O)c1cc(Cl)ccc1Cc1ccc2c(c1)CN(Cc1ccccc1)C2=O.O=C(O)c1cc(Cl)ccc1Cc1ccc2c(c1)CN(Cc1ccccc1)C2=O. The van der Waals surface area contributed by atoms with Gasteiger partial charge < -0.3 is 19.6 Å². The van der Waals surface area contributed by atoms with Gasteiger partial charge in [0.25, 0.3) is 11.8 Å². The van der Waals surface area contributed by atoms with Crippen molar-refractivity contribution in [1.29, 1.82) is 0 Å². The first-order valence-electron chi connectivity index (χ1n) is 18.3. The first-order valence-corrected chi connectivity index (χ1v) is 19.1. The maximum Gasteiger partial charge on any atom is 0.338 e. The van der Waals surface area contributed by atoms with Gasteiger partial charge in [-0.2, -0.15) is 0 Å². The normalized spacial score (nSPS) is 12.8. The second-order valence-corrected chi connectivity index (χ2v) is 14.9. The van der Waals surface area contributed by atoms with Crippen LogP contribution in [-0.4, -0.2) is 45.8 Å². The molecule has 8 rings (SSSR count). The maximum absolute atomic E-state index is 12.7. The maximum atomic E-state index is 12.7. The molecule has 1 N–H and O–H groups in total. The van der Waals surface area contributed by atoms with Crippen molar-refractivity contribution >= 4 is 47.0 Å². The zero-order chi connectivity index (χ0) is 40.1. The fourth-order valence-electron chi connectivity index (χ4n) is 7.30. The van der Waals surface area contributed by atoms with Gasteiger partial charge in [0.1, 0.15) is 0 Å². The number of nitrogens with zero attached hydrogens (tertiary/aromatic N) is 2.